The summed E-state index contributed by atoms with van der Waals surface area (Å²) in [5.74, 6) is -1.46. The first-order valence-corrected chi connectivity index (χ1v) is 12.6. The fourth-order valence-corrected chi connectivity index (χ4v) is 7.35. The predicted octanol–water partition coefficient (Wildman–Crippen LogP) is 0.832. The average molecular weight is 272 g/mol. The molecular weight excluding hydrogens is 250 g/mol. The lowest BCUT2D eigenvalue weighted by Gasteiger charge is -2.46. The molecule has 1 atom stereocenters. The van der Waals surface area contributed by atoms with Crippen LogP contribution < -0.4 is 5.11 Å². The molecule has 0 bridgehead atoms. The SMILES string of the molecule is C=CC(=O)N(C(C(=O)[O-])[Si](C)(C)C)[Si](C)(C)C. The van der Waals surface area contributed by atoms with E-state index in [0.29, 0.717) is 0 Å². The first-order valence-electron chi connectivity index (χ1n) is 5.59. The van der Waals surface area contributed by atoms with E-state index in [1.54, 1.807) is 0 Å². The normalized spacial score (nSPS) is 14.0. The van der Waals surface area contributed by atoms with Crippen molar-refractivity contribution in [3.05, 3.63) is 12.7 Å². The van der Waals surface area contributed by atoms with Gasteiger partial charge in [-0.2, -0.15) is 0 Å². The average Bonchev–Trinajstić information content (AvgIpc) is 2.08. The Labute approximate surface area is 105 Å². The van der Waals surface area contributed by atoms with Crippen molar-refractivity contribution >= 4 is 28.2 Å². The van der Waals surface area contributed by atoms with Crippen molar-refractivity contribution in [3.8, 4) is 0 Å². The van der Waals surface area contributed by atoms with Crippen LogP contribution in [-0.2, 0) is 9.59 Å². The van der Waals surface area contributed by atoms with Crippen molar-refractivity contribution in [2.75, 3.05) is 0 Å². The first-order chi connectivity index (χ1) is 7.42. The van der Waals surface area contributed by atoms with Crippen molar-refractivity contribution in [2.24, 2.45) is 0 Å². The molecule has 0 aliphatic rings. The van der Waals surface area contributed by atoms with Crippen LogP contribution in [0.1, 0.15) is 0 Å². The van der Waals surface area contributed by atoms with Crippen LogP contribution in [0.15, 0.2) is 12.7 Å². The van der Waals surface area contributed by atoms with Gasteiger partial charge >= 0.3 is 0 Å². The number of carboxylic acid groups (broad SMARTS) is 1. The third-order valence-electron chi connectivity index (χ3n) is 2.44. The number of amides is 1. The zero-order chi connectivity index (χ0) is 14.0. The van der Waals surface area contributed by atoms with Gasteiger partial charge in [-0.3, -0.25) is 4.79 Å². The Bertz CT molecular complexity index is 329. The fraction of sp³-hybridized carbons (Fsp3) is 0.636. The number of aliphatic carboxylic acids is 1. The summed E-state index contributed by atoms with van der Waals surface area (Å²) in [4.78, 5) is 23.3. The number of carboxylic acids is 1. The highest BCUT2D eigenvalue weighted by Gasteiger charge is 2.41. The molecule has 0 saturated carbocycles. The van der Waals surface area contributed by atoms with Crippen molar-refractivity contribution in [3.63, 3.8) is 0 Å². The maximum Gasteiger partial charge on any atom is 0.238 e. The van der Waals surface area contributed by atoms with Gasteiger partial charge in [0.15, 0.2) is 8.24 Å². The summed E-state index contributed by atoms with van der Waals surface area (Å²) in [6.45, 7) is 15.1. The zero-order valence-corrected chi connectivity index (χ0v) is 13.5. The molecule has 0 saturated heterocycles. The van der Waals surface area contributed by atoms with E-state index in [1.807, 2.05) is 39.3 Å². The third kappa shape index (κ3) is 4.12. The smallest absolute Gasteiger partial charge is 0.238 e. The monoisotopic (exact) mass is 272 g/mol. The fourth-order valence-electron chi connectivity index (χ4n) is 1.79. The summed E-state index contributed by atoms with van der Waals surface area (Å²) in [5, 5.41) is 11.4. The van der Waals surface area contributed by atoms with Gasteiger partial charge in [-0.15, -0.1) is 0 Å². The molecule has 98 valence electrons. The van der Waals surface area contributed by atoms with Crippen LogP contribution in [0.4, 0.5) is 0 Å². The highest BCUT2D eigenvalue weighted by Crippen LogP contribution is 2.22. The van der Waals surface area contributed by atoms with Crippen LogP contribution in [0.5, 0.6) is 0 Å². The second kappa shape index (κ2) is 5.18. The lowest BCUT2D eigenvalue weighted by atomic mass is 10.5. The van der Waals surface area contributed by atoms with E-state index in [2.05, 4.69) is 6.58 Å². The molecule has 17 heavy (non-hydrogen) atoms. The quantitative estimate of drug-likeness (QED) is 0.550. The van der Waals surface area contributed by atoms with Crippen molar-refractivity contribution in [1.29, 1.82) is 0 Å². The standard InChI is InChI=1S/C11H23NO3Si2/c1-8-9(13)12(17(5,6)7)10(11(14)15)16(2,3)4/h8,10H,1H2,2-7H3,(H,14,15)/p-1. The molecule has 1 amide bonds. The molecule has 0 N–H and O–H groups in total. The Kier molecular flexibility index (Phi) is 4.91. The Morgan fingerprint density at radius 1 is 1.18 bits per heavy atom. The van der Waals surface area contributed by atoms with E-state index in [0.717, 1.165) is 0 Å². The Morgan fingerprint density at radius 2 is 1.59 bits per heavy atom. The largest absolute Gasteiger partial charge is 0.548 e. The molecule has 0 aromatic rings. The molecule has 1 unspecified atom stereocenters. The maximum absolute atomic E-state index is 11.9. The zero-order valence-electron chi connectivity index (χ0n) is 11.5. The molecule has 0 heterocycles. The minimum Gasteiger partial charge on any atom is -0.548 e. The number of rotatable bonds is 5. The minimum atomic E-state index is -2.08. The van der Waals surface area contributed by atoms with Crippen LogP contribution >= 0.6 is 0 Å². The highest BCUT2D eigenvalue weighted by atomic mass is 28.3. The predicted molar refractivity (Wildman–Crippen MR) is 72.5 cm³/mol. The van der Waals surface area contributed by atoms with Crippen LogP contribution in [0, 0.1) is 0 Å². The molecular formula is C11H22NO3Si2-. The van der Waals surface area contributed by atoms with Crippen molar-refractivity contribution in [2.45, 2.75) is 44.9 Å². The lowest BCUT2D eigenvalue weighted by Crippen LogP contribution is -2.67. The maximum atomic E-state index is 11.9. The Hall–Kier alpha value is -0.886. The van der Waals surface area contributed by atoms with Crippen LogP contribution in [0.3, 0.4) is 0 Å². The number of hydrogen-bond acceptors (Lipinski definition) is 3. The molecule has 4 nitrogen and oxygen atoms in total. The van der Waals surface area contributed by atoms with E-state index >= 15 is 0 Å². The van der Waals surface area contributed by atoms with Gasteiger partial charge in [0.25, 0.3) is 0 Å². The van der Waals surface area contributed by atoms with Gasteiger partial charge < -0.3 is 14.5 Å². The third-order valence-corrected chi connectivity index (χ3v) is 6.75. The van der Waals surface area contributed by atoms with Gasteiger partial charge in [-0.25, -0.2) is 0 Å². The Balaban J connectivity index is 5.64. The minimum absolute atomic E-state index is 0.305. The van der Waals surface area contributed by atoms with E-state index in [9.17, 15) is 14.7 Å². The van der Waals surface area contributed by atoms with E-state index < -0.39 is 27.9 Å². The van der Waals surface area contributed by atoms with E-state index in [-0.39, 0.29) is 5.91 Å². The second-order valence-electron chi connectivity index (χ2n) is 6.17. The van der Waals surface area contributed by atoms with Gasteiger partial charge in [-0.05, 0) is 6.08 Å². The van der Waals surface area contributed by atoms with Gasteiger partial charge in [0.05, 0.1) is 19.7 Å². The molecule has 0 aliphatic carbocycles. The summed E-state index contributed by atoms with van der Waals surface area (Å²) in [6, 6.07) is 0. The van der Waals surface area contributed by atoms with E-state index in [4.69, 9.17) is 0 Å². The Morgan fingerprint density at radius 3 is 1.76 bits per heavy atom. The van der Waals surface area contributed by atoms with Gasteiger partial charge in [0.1, 0.15) is 0 Å². The molecule has 0 spiro atoms. The first kappa shape index (κ1) is 16.1. The summed E-state index contributed by atoms with van der Waals surface area (Å²) >= 11 is 0. The molecule has 0 fully saturated rings. The molecule has 0 aliphatic heterocycles. The van der Waals surface area contributed by atoms with Crippen LogP contribution in [0.2, 0.25) is 39.3 Å². The number of carbonyl (C=O) groups excluding carboxylic acids is 2. The molecule has 0 rings (SSSR count). The van der Waals surface area contributed by atoms with Crippen molar-refractivity contribution < 1.29 is 14.7 Å². The molecule has 0 radical (unpaired) electrons. The molecule has 6 heteroatoms. The summed E-state index contributed by atoms with van der Waals surface area (Å²) in [5.41, 5.74) is -0.792. The summed E-state index contributed by atoms with van der Waals surface area (Å²) < 4.78 is 1.52. The van der Waals surface area contributed by atoms with Gasteiger partial charge in [-0.1, -0.05) is 45.9 Å². The summed E-state index contributed by atoms with van der Waals surface area (Å²) in [6.07, 6.45) is 1.19. The lowest BCUT2D eigenvalue weighted by molar-refractivity contribution is -0.307. The number of carbonyl (C=O) groups is 2. The molecule has 0 aromatic heterocycles. The highest BCUT2D eigenvalue weighted by molar-refractivity contribution is 6.84. The topological polar surface area (TPSA) is 60.4 Å². The van der Waals surface area contributed by atoms with Gasteiger partial charge in [0, 0.05) is 0 Å². The van der Waals surface area contributed by atoms with Crippen molar-refractivity contribution in [1.82, 2.24) is 4.57 Å². The number of hydrogen-bond donors (Lipinski definition) is 0. The van der Waals surface area contributed by atoms with Crippen LogP contribution in [-0.4, -0.2) is 38.4 Å². The summed E-state index contributed by atoms with van der Waals surface area (Å²) in [7, 11) is -4.15. The number of nitrogens with zero attached hydrogens (tertiary/aromatic N) is 1. The second-order valence-corrected chi connectivity index (χ2v) is 16.3. The van der Waals surface area contributed by atoms with E-state index in [1.165, 1.54) is 10.6 Å². The molecule has 0 aromatic carbocycles. The van der Waals surface area contributed by atoms with Gasteiger partial charge in [0.2, 0.25) is 5.91 Å². The van der Waals surface area contributed by atoms with Crippen LogP contribution in [0.25, 0.3) is 0 Å².